The van der Waals surface area contributed by atoms with Crippen molar-refractivity contribution in [3.05, 3.63) is 65.1 Å². The van der Waals surface area contributed by atoms with Crippen LogP contribution in [0.3, 0.4) is 0 Å². The Morgan fingerprint density at radius 2 is 1.86 bits per heavy atom. The highest BCUT2D eigenvalue weighted by Gasteiger charge is 2.11. The van der Waals surface area contributed by atoms with E-state index in [2.05, 4.69) is 45.7 Å². The number of nitrogens with zero attached hydrogens (tertiary/aromatic N) is 2. The van der Waals surface area contributed by atoms with Crippen LogP contribution in [0.2, 0.25) is 0 Å². The lowest BCUT2D eigenvalue weighted by Crippen LogP contribution is -1.97. The van der Waals surface area contributed by atoms with Gasteiger partial charge in [-0.2, -0.15) is 0 Å². The van der Waals surface area contributed by atoms with E-state index < -0.39 is 0 Å². The molecule has 0 saturated carbocycles. The fraction of sp³-hybridized carbons (Fsp3) is 0.0588. The monoisotopic (exact) mass is 291 g/mol. The van der Waals surface area contributed by atoms with Crippen molar-refractivity contribution in [2.75, 3.05) is 0 Å². The molecule has 3 nitrogen and oxygen atoms in total. The Hall–Kier alpha value is -2.46. The van der Waals surface area contributed by atoms with Gasteiger partial charge < -0.3 is 4.98 Å². The van der Waals surface area contributed by atoms with Gasteiger partial charge in [-0.3, -0.25) is 9.55 Å². The van der Waals surface area contributed by atoms with Crippen LogP contribution in [0.5, 0.6) is 0 Å². The van der Waals surface area contributed by atoms with Gasteiger partial charge in [0.05, 0.1) is 22.2 Å². The number of para-hydroxylation sites is 2. The Balaban J connectivity index is 2.20. The van der Waals surface area contributed by atoms with Crippen molar-refractivity contribution >= 4 is 34.2 Å². The van der Waals surface area contributed by atoms with Gasteiger partial charge in [0.25, 0.3) is 0 Å². The summed E-state index contributed by atoms with van der Waals surface area (Å²) in [7, 11) is 0. The Morgan fingerprint density at radius 1 is 1.05 bits per heavy atom. The molecular formula is C17H13N3S. The normalized spacial score (nSPS) is 11.3. The van der Waals surface area contributed by atoms with E-state index in [1.165, 1.54) is 5.56 Å². The van der Waals surface area contributed by atoms with Crippen LogP contribution in [0, 0.1) is 11.7 Å². The minimum atomic E-state index is 0.692. The smallest absolute Gasteiger partial charge is 0.182 e. The Bertz CT molecular complexity index is 1020. The van der Waals surface area contributed by atoms with E-state index in [0.29, 0.717) is 4.77 Å². The fourth-order valence-corrected chi connectivity index (χ4v) is 3.13. The van der Waals surface area contributed by atoms with Gasteiger partial charge in [-0.15, -0.1) is 0 Å². The second-order valence-electron chi connectivity index (χ2n) is 5.09. The minimum Gasteiger partial charge on any atom is -0.330 e. The highest BCUT2D eigenvalue weighted by atomic mass is 32.1. The predicted molar refractivity (Wildman–Crippen MR) is 88.5 cm³/mol. The Kier molecular flexibility index (Phi) is 2.65. The van der Waals surface area contributed by atoms with Crippen LogP contribution in [0.15, 0.2) is 54.7 Å². The minimum absolute atomic E-state index is 0.692. The number of hydrogen-bond acceptors (Lipinski definition) is 2. The molecule has 0 bridgehead atoms. The molecule has 21 heavy (non-hydrogen) atoms. The number of benzene rings is 2. The zero-order valence-electron chi connectivity index (χ0n) is 11.5. The highest BCUT2D eigenvalue weighted by molar-refractivity contribution is 7.71. The van der Waals surface area contributed by atoms with Gasteiger partial charge in [0.1, 0.15) is 0 Å². The molecule has 0 saturated heterocycles. The molecule has 0 unspecified atom stereocenters. The molecule has 4 aromatic rings. The number of aromatic amines is 1. The SMILES string of the molecule is Cc1cccc2[nH]c(=S)n(-c3cccc4cccnc34)c12. The first-order valence-electron chi connectivity index (χ1n) is 6.80. The van der Waals surface area contributed by atoms with E-state index in [9.17, 15) is 0 Å². The maximum Gasteiger partial charge on any atom is 0.182 e. The maximum atomic E-state index is 5.54. The second-order valence-corrected chi connectivity index (χ2v) is 5.48. The number of imidazole rings is 1. The summed E-state index contributed by atoms with van der Waals surface area (Å²) in [5.41, 5.74) is 5.32. The van der Waals surface area contributed by atoms with Crippen LogP contribution in [0.4, 0.5) is 0 Å². The summed E-state index contributed by atoms with van der Waals surface area (Å²) < 4.78 is 2.77. The summed E-state index contributed by atoms with van der Waals surface area (Å²) in [6, 6.07) is 16.4. The van der Waals surface area contributed by atoms with Crippen molar-refractivity contribution < 1.29 is 0 Å². The van der Waals surface area contributed by atoms with E-state index in [0.717, 1.165) is 27.6 Å². The first-order chi connectivity index (χ1) is 10.3. The molecule has 0 fully saturated rings. The largest absolute Gasteiger partial charge is 0.330 e. The van der Waals surface area contributed by atoms with Gasteiger partial charge in [-0.1, -0.05) is 30.3 Å². The molecule has 2 aromatic carbocycles. The van der Waals surface area contributed by atoms with Gasteiger partial charge in [0.15, 0.2) is 4.77 Å². The standard InChI is InChI=1S/C17H13N3S/c1-11-5-2-8-13-16(11)20(17(21)19-13)14-9-3-6-12-7-4-10-18-15(12)14/h2-10H,1H3,(H,19,21). The number of nitrogens with one attached hydrogen (secondary N) is 1. The number of aryl methyl sites for hydroxylation is 1. The summed E-state index contributed by atoms with van der Waals surface area (Å²) >= 11 is 5.54. The van der Waals surface area contributed by atoms with Crippen molar-refractivity contribution in [3.63, 3.8) is 0 Å². The molecule has 0 atom stereocenters. The number of H-pyrrole nitrogens is 1. The quantitative estimate of drug-likeness (QED) is 0.522. The zero-order valence-corrected chi connectivity index (χ0v) is 12.3. The molecule has 2 aromatic heterocycles. The molecule has 0 aliphatic carbocycles. The molecule has 4 rings (SSSR count). The zero-order chi connectivity index (χ0) is 14.4. The lowest BCUT2D eigenvalue weighted by atomic mass is 10.1. The summed E-state index contributed by atoms with van der Waals surface area (Å²) in [5.74, 6) is 0. The molecule has 0 spiro atoms. The molecule has 1 N–H and O–H groups in total. The molecule has 0 radical (unpaired) electrons. The van der Waals surface area contributed by atoms with Crippen molar-refractivity contribution in [1.82, 2.24) is 14.5 Å². The number of pyridine rings is 1. The van der Waals surface area contributed by atoms with Crippen molar-refractivity contribution in [1.29, 1.82) is 0 Å². The predicted octanol–water partition coefficient (Wildman–Crippen LogP) is 4.54. The average molecular weight is 291 g/mol. The number of fused-ring (bicyclic) bond motifs is 2. The molecule has 2 heterocycles. The van der Waals surface area contributed by atoms with Crippen LogP contribution in [-0.2, 0) is 0 Å². The van der Waals surface area contributed by atoms with Crippen LogP contribution in [0.25, 0.3) is 27.6 Å². The third-order valence-electron chi connectivity index (χ3n) is 3.76. The number of aromatic nitrogens is 3. The summed E-state index contributed by atoms with van der Waals surface area (Å²) in [4.78, 5) is 7.81. The molecular weight excluding hydrogens is 278 g/mol. The van der Waals surface area contributed by atoms with Gasteiger partial charge >= 0.3 is 0 Å². The first kappa shape index (κ1) is 12.3. The van der Waals surface area contributed by atoms with Crippen molar-refractivity contribution in [3.8, 4) is 5.69 Å². The molecule has 4 heteroatoms. The molecule has 0 amide bonds. The molecule has 0 aliphatic heterocycles. The van der Waals surface area contributed by atoms with Crippen LogP contribution in [0.1, 0.15) is 5.56 Å². The van der Waals surface area contributed by atoms with E-state index in [1.54, 1.807) is 0 Å². The summed E-state index contributed by atoms with van der Waals surface area (Å²) in [6.45, 7) is 2.10. The third kappa shape index (κ3) is 1.80. The van der Waals surface area contributed by atoms with Gasteiger partial charge in [0.2, 0.25) is 0 Å². The van der Waals surface area contributed by atoms with E-state index in [1.807, 2.05) is 30.5 Å². The van der Waals surface area contributed by atoms with Gasteiger partial charge in [-0.25, -0.2) is 0 Å². The van der Waals surface area contributed by atoms with Crippen LogP contribution in [-0.4, -0.2) is 14.5 Å². The second kappa shape index (κ2) is 4.53. The highest BCUT2D eigenvalue weighted by Crippen LogP contribution is 2.26. The molecule has 0 aliphatic rings. The van der Waals surface area contributed by atoms with Crippen molar-refractivity contribution in [2.24, 2.45) is 0 Å². The van der Waals surface area contributed by atoms with E-state index in [-0.39, 0.29) is 0 Å². The van der Waals surface area contributed by atoms with Gasteiger partial charge in [0, 0.05) is 11.6 Å². The third-order valence-corrected chi connectivity index (χ3v) is 4.04. The average Bonchev–Trinajstić information content (AvgIpc) is 2.84. The van der Waals surface area contributed by atoms with Crippen molar-refractivity contribution in [2.45, 2.75) is 6.92 Å². The Labute approximate surface area is 126 Å². The summed E-state index contributed by atoms with van der Waals surface area (Å²) in [6.07, 6.45) is 1.82. The number of hydrogen-bond donors (Lipinski definition) is 1. The van der Waals surface area contributed by atoms with E-state index >= 15 is 0 Å². The maximum absolute atomic E-state index is 5.54. The van der Waals surface area contributed by atoms with Crippen LogP contribution >= 0.6 is 12.2 Å². The fourth-order valence-electron chi connectivity index (χ4n) is 2.83. The first-order valence-corrected chi connectivity index (χ1v) is 7.21. The van der Waals surface area contributed by atoms with E-state index in [4.69, 9.17) is 12.2 Å². The molecule has 102 valence electrons. The van der Waals surface area contributed by atoms with Crippen LogP contribution < -0.4 is 0 Å². The lowest BCUT2D eigenvalue weighted by molar-refractivity contribution is 1.06. The lowest BCUT2D eigenvalue weighted by Gasteiger charge is -2.09. The topological polar surface area (TPSA) is 33.6 Å². The summed E-state index contributed by atoms with van der Waals surface area (Å²) in [5, 5.41) is 1.11. The van der Waals surface area contributed by atoms with Gasteiger partial charge in [-0.05, 0) is 42.9 Å². The number of rotatable bonds is 1. The Morgan fingerprint density at radius 3 is 2.76 bits per heavy atom.